The van der Waals surface area contributed by atoms with E-state index in [-0.39, 0.29) is 17.8 Å². The summed E-state index contributed by atoms with van der Waals surface area (Å²) in [5, 5.41) is 8.23. The Morgan fingerprint density at radius 3 is 2.86 bits per heavy atom. The molecule has 1 amide bonds. The third kappa shape index (κ3) is 4.36. The molecule has 1 atom stereocenters. The predicted octanol–water partition coefficient (Wildman–Crippen LogP) is 2.20. The maximum absolute atomic E-state index is 13.8. The highest BCUT2D eigenvalue weighted by molar-refractivity contribution is 5.94. The first kappa shape index (κ1) is 20.0. The quantitative estimate of drug-likeness (QED) is 0.808. The number of carbonyl (C=O) groups excluding carboxylic acids is 1. The first-order valence-electron chi connectivity index (χ1n) is 10.6. The molecule has 2 aliphatic rings. The fourth-order valence-electron chi connectivity index (χ4n) is 4.32. The van der Waals surface area contributed by atoms with Crippen LogP contribution in [0.5, 0.6) is 0 Å². The van der Waals surface area contributed by atoms with Crippen molar-refractivity contribution in [1.29, 1.82) is 0 Å². The van der Waals surface area contributed by atoms with Gasteiger partial charge in [0.2, 0.25) is 0 Å². The van der Waals surface area contributed by atoms with Gasteiger partial charge in [0.25, 0.3) is 5.91 Å². The number of aromatic nitrogens is 2. The number of carbonyl (C=O) groups is 1. The Morgan fingerprint density at radius 1 is 1.31 bits per heavy atom. The second-order valence-corrected chi connectivity index (χ2v) is 7.73. The van der Waals surface area contributed by atoms with Crippen molar-refractivity contribution in [2.24, 2.45) is 0 Å². The summed E-state index contributed by atoms with van der Waals surface area (Å²) in [6.07, 6.45) is 3.35. The van der Waals surface area contributed by atoms with Gasteiger partial charge in [0.1, 0.15) is 5.82 Å². The van der Waals surface area contributed by atoms with E-state index in [1.54, 1.807) is 6.07 Å². The summed E-state index contributed by atoms with van der Waals surface area (Å²) in [5.74, 6) is -0.133. The van der Waals surface area contributed by atoms with Crippen LogP contribution in [-0.2, 0) is 30.5 Å². The van der Waals surface area contributed by atoms with Gasteiger partial charge in [-0.15, -0.1) is 0 Å². The Labute approximate surface area is 171 Å². The molecular weight excluding hydrogens is 371 g/mol. The summed E-state index contributed by atoms with van der Waals surface area (Å²) in [6, 6.07) is 7.20. The molecule has 2 heterocycles. The highest BCUT2D eigenvalue weighted by Crippen LogP contribution is 2.26. The molecule has 1 aliphatic heterocycles. The minimum absolute atomic E-state index is 0.0174. The highest BCUT2D eigenvalue weighted by atomic mass is 19.1. The van der Waals surface area contributed by atoms with E-state index < -0.39 is 0 Å². The molecule has 1 fully saturated rings. The Balaban J connectivity index is 1.44. The van der Waals surface area contributed by atoms with Crippen molar-refractivity contribution in [2.75, 3.05) is 32.8 Å². The van der Waals surface area contributed by atoms with Gasteiger partial charge in [0.15, 0.2) is 5.69 Å². The van der Waals surface area contributed by atoms with Crippen molar-refractivity contribution in [3.8, 4) is 0 Å². The zero-order valence-electron chi connectivity index (χ0n) is 17.0. The Bertz CT molecular complexity index is 860. The second-order valence-electron chi connectivity index (χ2n) is 7.73. The van der Waals surface area contributed by atoms with E-state index >= 15 is 0 Å². The van der Waals surface area contributed by atoms with Gasteiger partial charge in [-0.2, -0.15) is 5.10 Å². The minimum atomic E-state index is -0.150. The van der Waals surface area contributed by atoms with E-state index in [9.17, 15) is 9.18 Å². The number of morpholine rings is 1. The molecule has 4 rings (SSSR count). The molecule has 0 unspecified atom stereocenters. The number of aryl methyl sites for hydroxylation is 1. The molecule has 2 aromatic rings. The third-order valence-electron chi connectivity index (χ3n) is 5.93. The molecular formula is C22H29FN4O2. The lowest BCUT2D eigenvalue weighted by Crippen LogP contribution is -2.42. The Hall–Kier alpha value is -2.25. The van der Waals surface area contributed by atoms with Crippen LogP contribution in [0.4, 0.5) is 4.39 Å². The van der Waals surface area contributed by atoms with Gasteiger partial charge >= 0.3 is 0 Å². The molecule has 1 saturated heterocycles. The Kier molecular flexibility index (Phi) is 6.25. The van der Waals surface area contributed by atoms with Crippen LogP contribution in [0, 0.1) is 5.82 Å². The molecule has 1 aromatic heterocycles. The number of benzene rings is 1. The average molecular weight is 400 g/mol. The van der Waals surface area contributed by atoms with Crippen LogP contribution in [0.1, 0.15) is 40.7 Å². The zero-order chi connectivity index (χ0) is 20.2. The number of nitrogens with one attached hydrogen (secondary N) is 1. The number of hydrogen-bond acceptors (Lipinski definition) is 4. The number of halogens is 1. The van der Waals surface area contributed by atoms with E-state index in [1.807, 2.05) is 21.7 Å². The fraction of sp³-hybridized carbons (Fsp3) is 0.545. The molecule has 156 valence electrons. The Morgan fingerprint density at radius 2 is 2.10 bits per heavy atom. The lowest BCUT2D eigenvalue weighted by Gasteiger charge is -2.28. The lowest BCUT2D eigenvalue weighted by atomic mass is 9.91. The van der Waals surface area contributed by atoms with E-state index in [4.69, 9.17) is 4.74 Å². The van der Waals surface area contributed by atoms with Crippen LogP contribution in [-0.4, -0.2) is 59.5 Å². The summed E-state index contributed by atoms with van der Waals surface area (Å²) in [6.45, 7) is 5.97. The molecule has 7 heteroatoms. The van der Waals surface area contributed by atoms with E-state index in [0.717, 1.165) is 43.5 Å². The van der Waals surface area contributed by atoms with Crippen LogP contribution in [0.15, 0.2) is 24.3 Å². The fourth-order valence-corrected chi connectivity index (χ4v) is 4.32. The van der Waals surface area contributed by atoms with Gasteiger partial charge in [-0.1, -0.05) is 18.2 Å². The molecule has 0 radical (unpaired) electrons. The number of rotatable bonds is 6. The van der Waals surface area contributed by atoms with Crippen molar-refractivity contribution in [3.63, 3.8) is 0 Å². The monoisotopic (exact) mass is 400 g/mol. The van der Waals surface area contributed by atoms with Crippen molar-refractivity contribution >= 4 is 5.91 Å². The van der Waals surface area contributed by atoms with Crippen molar-refractivity contribution in [3.05, 3.63) is 52.6 Å². The second kappa shape index (κ2) is 9.05. The molecule has 0 saturated carbocycles. The van der Waals surface area contributed by atoms with Crippen molar-refractivity contribution < 1.29 is 13.9 Å². The molecule has 1 aromatic carbocycles. The van der Waals surface area contributed by atoms with Crippen molar-refractivity contribution in [1.82, 2.24) is 20.0 Å². The summed E-state index contributed by atoms with van der Waals surface area (Å²) in [4.78, 5) is 14.9. The van der Waals surface area contributed by atoms with Gasteiger partial charge in [-0.25, -0.2) is 4.39 Å². The molecule has 1 aliphatic carbocycles. The lowest BCUT2D eigenvalue weighted by molar-refractivity contribution is 0.0297. The summed E-state index contributed by atoms with van der Waals surface area (Å²) >= 11 is 0. The van der Waals surface area contributed by atoms with Crippen LogP contribution < -0.4 is 5.32 Å². The molecule has 0 bridgehead atoms. The molecule has 6 nitrogen and oxygen atoms in total. The third-order valence-corrected chi connectivity index (χ3v) is 5.93. The normalized spacial score (nSPS) is 19.2. The number of amides is 1. The van der Waals surface area contributed by atoms with Gasteiger partial charge in [-0.05, 0) is 50.8 Å². The topological polar surface area (TPSA) is 59.4 Å². The summed E-state index contributed by atoms with van der Waals surface area (Å²) in [7, 11) is 0. The first-order chi connectivity index (χ1) is 14.2. The first-order valence-corrected chi connectivity index (χ1v) is 10.6. The molecule has 0 spiro atoms. The summed E-state index contributed by atoms with van der Waals surface area (Å²) < 4.78 is 21.2. The summed E-state index contributed by atoms with van der Waals surface area (Å²) in [5.41, 5.74) is 3.61. The standard InChI is InChI=1S/C22H29FN4O2/c1-2-27-20-8-7-17(24-10-9-16-5-3-4-6-19(16)23)15-18(20)21(25-27)22(28)26-11-13-29-14-12-26/h3-6,17,24H,2,7-15H2,1H3/t17-/m0/s1. The maximum Gasteiger partial charge on any atom is 0.274 e. The number of fused-ring (bicyclic) bond motifs is 1. The van der Waals surface area contributed by atoms with Gasteiger partial charge in [-0.3, -0.25) is 9.48 Å². The van der Waals surface area contributed by atoms with Gasteiger partial charge in [0.05, 0.1) is 13.2 Å². The maximum atomic E-state index is 13.8. The highest BCUT2D eigenvalue weighted by Gasteiger charge is 2.31. The minimum Gasteiger partial charge on any atom is -0.378 e. The van der Waals surface area contributed by atoms with Gasteiger partial charge < -0.3 is 15.0 Å². The largest absolute Gasteiger partial charge is 0.378 e. The molecule has 1 N–H and O–H groups in total. The molecule has 29 heavy (non-hydrogen) atoms. The number of ether oxygens (including phenoxy) is 1. The SMILES string of the molecule is CCn1nc(C(=O)N2CCOCC2)c2c1CC[C@H](NCCc1ccccc1F)C2. The van der Waals surface area contributed by atoms with E-state index in [2.05, 4.69) is 17.3 Å². The van der Waals surface area contributed by atoms with Crippen LogP contribution in [0.2, 0.25) is 0 Å². The smallest absolute Gasteiger partial charge is 0.274 e. The average Bonchev–Trinajstić information content (AvgIpc) is 3.13. The van der Waals surface area contributed by atoms with Gasteiger partial charge in [0, 0.05) is 36.9 Å². The zero-order valence-corrected chi connectivity index (χ0v) is 17.0. The predicted molar refractivity (Wildman–Crippen MR) is 109 cm³/mol. The van der Waals surface area contributed by atoms with Crippen LogP contribution in [0.3, 0.4) is 0 Å². The number of nitrogens with zero attached hydrogens (tertiary/aromatic N) is 3. The van der Waals surface area contributed by atoms with E-state index in [0.29, 0.717) is 38.4 Å². The number of hydrogen-bond donors (Lipinski definition) is 1. The van der Waals surface area contributed by atoms with Crippen molar-refractivity contribution in [2.45, 2.75) is 45.2 Å². The van der Waals surface area contributed by atoms with Crippen LogP contribution in [0.25, 0.3) is 0 Å². The van der Waals surface area contributed by atoms with Crippen LogP contribution >= 0.6 is 0 Å². The van der Waals surface area contributed by atoms with E-state index in [1.165, 1.54) is 11.8 Å².